The first kappa shape index (κ1) is 11.9. The Labute approximate surface area is 100.0 Å². The van der Waals surface area contributed by atoms with E-state index >= 15 is 0 Å². The molecule has 88 valence electrons. The van der Waals surface area contributed by atoms with Gasteiger partial charge in [0, 0.05) is 10.0 Å². The zero-order valence-electron chi connectivity index (χ0n) is 8.44. The number of hydrogen-bond acceptors (Lipinski definition) is 1. The molecule has 1 aliphatic carbocycles. The molecule has 0 saturated heterocycles. The molecule has 2 N–H and O–H groups in total. The van der Waals surface area contributed by atoms with Gasteiger partial charge in [0.2, 0.25) is 0 Å². The van der Waals surface area contributed by atoms with Crippen LogP contribution in [-0.4, -0.2) is 0 Å². The van der Waals surface area contributed by atoms with Gasteiger partial charge in [-0.1, -0.05) is 15.9 Å². The van der Waals surface area contributed by atoms with Crippen molar-refractivity contribution in [3.05, 3.63) is 33.8 Å². The van der Waals surface area contributed by atoms with E-state index in [1.54, 1.807) is 6.07 Å². The SMILES string of the molecule is NC1(c2cc(Br)cc(C(F)(F)F)c2)CCC1. The summed E-state index contributed by atoms with van der Waals surface area (Å²) < 4.78 is 38.2. The van der Waals surface area contributed by atoms with E-state index in [1.165, 1.54) is 0 Å². The van der Waals surface area contributed by atoms with Gasteiger partial charge in [0.25, 0.3) is 0 Å². The number of alkyl halides is 3. The molecular weight excluding hydrogens is 283 g/mol. The molecule has 1 aromatic carbocycles. The molecule has 0 atom stereocenters. The summed E-state index contributed by atoms with van der Waals surface area (Å²) in [4.78, 5) is 0. The highest BCUT2D eigenvalue weighted by atomic mass is 79.9. The third-order valence-corrected chi connectivity index (χ3v) is 3.50. The molecule has 16 heavy (non-hydrogen) atoms. The summed E-state index contributed by atoms with van der Waals surface area (Å²) in [6.07, 6.45) is -1.84. The molecule has 5 heteroatoms. The van der Waals surface area contributed by atoms with Crippen molar-refractivity contribution in [1.82, 2.24) is 0 Å². The largest absolute Gasteiger partial charge is 0.416 e. The molecule has 0 radical (unpaired) electrons. The van der Waals surface area contributed by atoms with E-state index in [0.29, 0.717) is 10.0 Å². The Kier molecular flexibility index (Phi) is 2.78. The number of halogens is 4. The van der Waals surface area contributed by atoms with Crippen molar-refractivity contribution in [2.75, 3.05) is 0 Å². The van der Waals surface area contributed by atoms with E-state index in [-0.39, 0.29) is 0 Å². The quantitative estimate of drug-likeness (QED) is 0.837. The summed E-state index contributed by atoms with van der Waals surface area (Å²) >= 11 is 3.10. The van der Waals surface area contributed by atoms with Gasteiger partial charge in [-0.2, -0.15) is 13.2 Å². The molecule has 1 nitrogen and oxygen atoms in total. The molecule has 0 amide bonds. The highest BCUT2D eigenvalue weighted by Gasteiger charge is 2.37. The van der Waals surface area contributed by atoms with Crippen LogP contribution in [0.3, 0.4) is 0 Å². The van der Waals surface area contributed by atoms with E-state index in [0.717, 1.165) is 31.4 Å². The van der Waals surface area contributed by atoms with Crippen LogP contribution in [0.1, 0.15) is 30.4 Å². The van der Waals surface area contributed by atoms with Crippen LogP contribution >= 0.6 is 15.9 Å². The maximum atomic E-state index is 12.6. The van der Waals surface area contributed by atoms with Gasteiger partial charge >= 0.3 is 6.18 Å². The summed E-state index contributed by atoms with van der Waals surface area (Å²) in [5, 5.41) is 0. The maximum Gasteiger partial charge on any atom is 0.416 e. The average molecular weight is 294 g/mol. The lowest BCUT2D eigenvalue weighted by Crippen LogP contribution is -2.43. The molecular formula is C11H11BrF3N. The first-order valence-electron chi connectivity index (χ1n) is 4.98. The van der Waals surface area contributed by atoms with Crippen molar-refractivity contribution in [2.24, 2.45) is 5.73 Å². The smallest absolute Gasteiger partial charge is 0.321 e. The highest BCUT2D eigenvalue weighted by molar-refractivity contribution is 9.10. The van der Waals surface area contributed by atoms with Crippen LogP contribution in [0.5, 0.6) is 0 Å². The molecule has 0 unspecified atom stereocenters. The van der Waals surface area contributed by atoms with Gasteiger partial charge in [0.15, 0.2) is 0 Å². The van der Waals surface area contributed by atoms with Crippen LogP contribution in [0, 0.1) is 0 Å². The van der Waals surface area contributed by atoms with E-state index in [2.05, 4.69) is 15.9 Å². The van der Waals surface area contributed by atoms with Gasteiger partial charge in [-0.3, -0.25) is 0 Å². The number of benzene rings is 1. The summed E-state index contributed by atoms with van der Waals surface area (Å²) in [5.41, 5.74) is 5.38. The second-order valence-corrected chi connectivity index (χ2v) is 5.15. The number of rotatable bonds is 1. The molecule has 1 saturated carbocycles. The lowest BCUT2D eigenvalue weighted by Gasteiger charge is -2.39. The van der Waals surface area contributed by atoms with Crippen LogP contribution in [-0.2, 0) is 11.7 Å². The van der Waals surface area contributed by atoms with Gasteiger partial charge < -0.3 is 5.73 Å². The normalized spacial score (nSPS) is 19.3. The molecule has 0 bridgehead atoms. The predicted molar refractivity (Wildman–Crippen MR) is 58.9 cm³/mol. The minimum absolute atomic E-state index is 0.425. The summed E-state index contributed by atoms with van der Waals surface area (Å²) in [5.74, 6) is 0. The van der Waals surface area contributed by atoms with Gasteiger partial charge in [-0.05, 0) is 43.0 Å². The topological polar surface area (TPSA) is 26.0 Å². The molecule has 0 heterocycles. The molecule has 1 aliphatic rings. The maximum absolute atomic E-state index is 12.6. The van der Waals surface area contributed by atoms with E-state index in [1.807, 2.05) is 0 Å². The summed E-state index contributed by atoms with van der Waals surface area (Å²) in [7, 11) is 0. The predicted octanol–water partition coefficient (Wildman–Crippen LogP) is 3.81. The second kappa shape index (κ2) is 3.74. The highest BCUT2D eigenvalue weighted by Crippen LogP contribution is 2.41. The molecule has 0 aromatic heterocycles. The Balaban J connectivity index is 2.44. The van der Waals surface area contributed by atoms with Gasteiger partial charge in [0.05, 0.1) is 5.56 Å². The third-order valence-electron chi connectivity index (χ3n) is 3.05. The minimum atomic E-state index is -4.32. The Bertz CT molecular complexity index is 410. The standard InChI is InChI=1S/C11H11BrF3N/c12-9-5-7(10(16)2-1-3-10)4-8(6-9)11(13,14)15/h4-6H,1-3,16H2. The Morgan fingerprint density at radius 1 is 1.19 bits per heavy atom. The number of nitrogens with two attached hydrogens (primary N) is 1. The fourth-order valence-corrected chi connectivity index (χ4v) is 2.38. The van der Waals surface area contributed by atoms with Crippen molar-refractivity contribution in [3.8, 4) is 0 Å². The van der Waals surface area contributed by atoms with Crippen molar-refractivity contribution >= 4 is 15.9 Å². The fourth-order valence-electron chi connectivity index (χ4n) is 1.89. The van der Waals surface area contributed by atoms with Crippen molar-refractivity contribution in [2.45, 2.75) is 31.0 Å². The molecule has 1 fully saturated rings. The summed E-state index contributed by atoms with van der Waals surface area (Å²) in [6.45, 7) is 0. The van der Waals surface area contributed by atoms with Crippen molar-refractivity contribution in [3.63, 3.8) is 0 Å². The van der Waals surface area contributed by atoms with E-state index < -0.39 is 17.3 Å². The molecule has 0 spiro atoms. The Morgan fingerprint density at radius 2 is 1.81 bits per heavy atom. The Morgan fingerprint density at radius 3 is 2.25 bits per heavy atom. The van der Waals surface area contributed by atoms with Gasteiger partial charge in [0.1, 0.15) is 0 Å². The van der Waals surface area contributed by atoms with Crippen LogP contribution in [0.4, 0.5) is 13.2 Å². The average Bonchev–Trinajstić information content (AvgIpc) is 2.11. The zero-order chi connectivity index (χ0) is 12.0. The Hall–Kier alpha value is -0.550. The first-order valence-corrected chi connectivity index (χ1v) is 5.78. The van der Waals surface area contributed by atoms with Crippen LogP contribution in [0.25, 0.3) is 0 Å². The van der Waals surface area contributed by atoms with E-state index in [9.17, 15) is 13.2 Å². The molecule has 1 aromatic rings. The van der Waals surface area contributed by atoms with Crippen molar-refractivity contribution in [1.29, 1.82) is 0 Å². The fraction of sp³-hybridized carbons (Fsp3) is 0.455. The minimum Gasteiger partial charge on any atom is -0.321 e. The zero-order valence-corrected chi connectivity index (χ0v) is 10.0. The van der Waals surface area contributed by atoms with Crippen LogP contribution < -0.4 is 5.73 Å². The second-order valence-electron chi connectivity index (χ2n) is 4.24. The molecule has 2 rings (SSSR count). The lowest BCUT2D eigenvalue weighted by molar-refractivity contribution is -0.137. The van der Waals surface area contributed by atoms with Gasteiger partial charge in [-0.25, -0.2) is 0 Å². The van der Waals surface area contributed by atoms with E-state index in [4.69, 9.17) is 5.73 Å². The monoisotopic (exact) mass is 293 g/mol. The van der Waals surface area contributed by atoms with Crippen molar-refractivity contribution < 1.29 is 13.2 Å². The summed E-state index contributed by atoms with van der Waals surface area (Å²) in [6, 6.07) is 3.91. The lowest BCUT2D eigenvalue weighted by atomic mass is 9.72. The van der Waals surface area contributed by atoms with Crippen LogP contribution in [0.15, 0.2) is 22.7 Å². The number of hydrogen-bond donors (Lipinski definition) is 1. The third kappa shape index (κ3) is 2.11. The first-order chi connectivity index (χ1) is 7.31. The molecule has 0 aliphatic heterocycles. The van der Waals surface area contributed by atoms with Gasteiger partial charge in [-0.15, -0.1) is 0 Å². The van der Waals surface area contributed by atoms with Crippen LogP contribution in [0.2, 0.25) is 0 Å².